The van der Waals surface area contributed by atoms with E-state index < -0.39 is 6.23 Å². The maximum Gasteiger partial charge on any atom is 0.134 e. The van der Waals surface area contributed by atoms with Gasteiger partial charge in [0.1, 0.15) is 6.23 Å². The van der Waals surface area contributed by atoms with Crippen molar-refractivity contribution in [3.05, 3.63) is 0 Å². The van der Waals surface area contributed by atoms with E-state index in [9.17, 15) is 0 Å². The topological polar surface area (TPSA) is 79.0 Å². The molecule has 0 fully saturated rings. The summed E-state index contributed by atoms with van der Waals surface area (Å²) in [6.45, 7) is 3.60. The van der Waals surface area contributed by atoms with Crippen LogP contribution in [0.1, 0.15) is 13.8 Å². The van der Waals surface area contributed by atoms with E-state index in [1.54, 1.807) is 13.8 Å². The lowest BCUT2D eigenvalue weighted by Crippen LogP contribution is -2.35. The van der Waals surface area contributed by atoms with E-state index in [1.807, 2.05) is 0 Å². The van der Waals surface area contributed by atoms with E-state index in [0.717, 1.165) is 0 Å². The van der Waals surface area contributed by atoms with E-state index in [-0.39, 0.29) is 11.3 Å². The van der Waals surface area contributed by atoms with Gasteiger partial charge in [0, 0.05) is 0 Å². The highest BCUT2D eigenvalue weighted by Gasteiger charge is 2.10. The molecule has 0 amide bonds. The van der Waals surface area contributed by atoms with E-state index in [4.69, 9.17) is 16.1 Å². The minimum Gasteiger partial charge on any atom is -0.304 e. The van der Waals surface area contributed by atoms with Crippen LogP contribution in [0.2, 0.25) is 0 Å². The molecule has 0 bridgehead atoms. The number of nitrogens with zero attached hydrogens (tertiary/aromatic N) is 1. The van der Waals surface area contributed by atoms with Crippen LogP contribution in [0.4, 0.5) is 0 Å². The lowest BCUT2D eigenvalue weighted by molar-refractivity contribution is -0.507. The first kappa shape index (κ1) is 8.80. The zero-order valence-electron chi connectivity index (χ0n) is 5.48. The lowest BCUT2D eigenvalue weighted by atomic mass is 10.2. The van der Waals surface area contributed by atoms with E-state index >= 15 is 0 Å². The summed E-state index contributed by atoms with van der Waals surface area (Å²) in [6, 6.07) is 0. The molecular weight excluding hydrogens is 124 g/mol. The molecule has 1 atom stereocenters. The summed E-state index contributed by atoms with van der Waals surface area (Å²) >= 11 is 0. The Balaban J connectivity index is 3.38. The van der Waals surface area contributed by atoms with Crippen molar-refractivity contribution in [2.45, 2.75) is 20.1 Å². The van der Waals surface area contributed by atoms with Crippen LogP contribution in [0.3, 0.4) is 0 Å². The second-order valence-electron chi connectivity index (χ2n) is 2.07. The van der Waals surface area contributed by atoms with Crippen molar-refractivity contribution in [3.8, 4) is 0 Å². The first-order valence-corrected chi connectivity index (χ1v) is 2.64. The van der Waals surface area contributed by atoms with Crippen molar-refractivity contribution in [1.29, 1.82) is 0 Å². The third kappa shape index (κ3) is 4.31. The third-order valence-corrected chi connectivity index (χ3v) is 0.873. The zero-order valence-corrected chi connectivity index (χ0v) is 5.48. The van der Waals surface area contributed by atoms with Crippen LogP contribution in [0.25, 0.3) is 0 Å². The van der Waals surface area contributed by atoms with Gasteiger partial charge < -0.3 is 5.73 Å². The van der Waals surface area contributed by atoms with Gasteiger partial charge >= 0.3 is 0 Å². The van der Waals surface area contributed by atoms with Gasteiger partial charge in [-0.25, -0.2) is 4.84 Å². The largest absolute Gasteiger partial charge is 0.304 e. The Labute approximate surface area is 53.5 Å². The predicted molar refractivity (Wildman–Crippen MR) is 29.3 cm³/mol. The molecule has 0 aromatic rings. The fourth-order valence-corrected chi connectivity index (χ4v) is 0.231. The summed E-state index contributed by atoms with van der Waals surface area (Å²) in [7, 11) is 0. The molecule has 0 saturated carbocycles. The molecule has 5 heteroatoms. The van der Waals surface area contributed by atoms with Crippen molar-refractivity contribution in [1.82, 2.24) is 5.39 Å². The summed E-state index contributed by atoms with van der Waals surface area (Å²) in [6.07, 6.45) is -0.681. The zero-order chi connectivity index (χ0) is 7.44. The Hall–Kier alpha value is -0.200. The molecule has 0 heterocycles. The molecule has 0 rings (SSSR count). The quantitative estimate of drug-likeness (QED) is 0.374. The normalized spacial score (nSPS) is 15.0. The van der Waals surface area contributed by atoms with Crippen LogP contribution in [0.15, 0.2) is 0 Å². The highest BCUT2D eigenvalue weighted by Crippen LogP contribution is 1.99. The number of hydrogen-bond acceptors (Lipinski definition) is 5. The van der Waals surface area contributed by atoms with Crippen molar-refractivity contribution < 1.29 is 15.3 Å². The molecule has 1 unspecified atom stereocenters. The fraction of sp³-hybridized carbons (Fsp3) is 1.00. The SMILES string of the molecule is CC(C)C(N)ON(O)O. The maximum atomic E-state index is 8.06. The predicted octanol–water partition coefficient (Wildman–Crippen LogP) is -0.0608. The Morgan fingerprint density at radius 2 is 1.89 bits per heavy atom. The van der Waals surface area contributed by atoms with Crippen molar-refractivity contribution in [2.24, 2.45) is 11.7 Å². The molecule has 4 N–H and O–H groups in total. The van der Waals surface area contributed by atoms with Crippen molar-refractivity contribution in [3.63, 3.8) is 0 Å². The number of nitrogens with two attached hydrogens (primary N) is 1. The van der Waals surface area contributed by atoms with Crippen molar-refractivity contribution >= 4 is 0 Å². The smallest absolute Gasteiger partial charge is 0.134 e. The van der Waals surface area contributed by atoms with Crippen LogP contribution >= 0.6 is 0 Å². The molecule has 9 heavy (non-hydrogen) atoms. The summed E-state index contributed by atoms with van der Waals surface area (Å²) < 4.78 is 0. The molecule has 0 aliphatic rings. The molecule has 0 radical (unpaired) electrons. The minimum absolute atomic E-state index is 0.0480. The van der Waals surface area contributed by atoms with Gasteiger partial charge in [-0.2, -0.15) is 0 Å². The molecule has 56 valence electrons. The monoisotopic (exact) mass is 136 g/mol. The number of hydrogen-bond donors (Lipinski definition) is 3. The van der Waals surface area contributed by atoms with Crippen LogP contribution < -0.4 is 5.73 Å². The Morgan fingerprint density at radius 3 is 2.00 bits per heavy atom. The Kier molecular flexibility index (Phi) is 3.67. The molecule has 0 aromatic heterocycles. The second kappa shape index (κ2) is 3.76. The van der Waals surface area contributed by atoms with Gasteiger partial charge in [0.25, 0.3) is 0 Å². The third-order valence-electron chi connectivity index (χ3n) is 0.873. The summed E-state index contributed by atoms with van der Waals surface area (Å²) in [4.78, 5) is 4.23. The number of rotatable bonds is 3. The molecule has 0 aliphatic heterocycles. The molecule has 0 saturated heterocycles. The van der Waals surface area contributed by atoms with E-state index in [1.165, 1.54) is 0 Å². The van der Waals surface area contributed by atoms with Gasteiger partial charge in [-0.1, -0.05) is 13.8 Å². The van der Waals surface area contributed by atoms with Crippen LogP contribution in [0.5, 0.6) is 0 Å². The van der Waals surface area contributed by atoms with Crippen LogP contribution in [-0.2, 0) is 4.84 Å². The van der Waals surface area contributed by atoms with Gasteiger partial charge in [0.15, 0.2) is 0 Å². The standard InChI is InChI=1S/C4H12N2O3/c1-3(2)4(5)9-6(7)8/h3-4,7-8H,5H2,1-2H3. The van der Waals surface area contributed by atoms with Gasteiger partial charge in [-0.15, -0.1) is 0 Å². The van der Waals surface area contributed by atoms with Crippen LogP contribution in [0, 0.1) is 5.92 Å². The van der Waals surface area contributed by atoms with Gasteiger partial charge in [0.05, 0.1) is 5.39 Å². The van der Waals surface area contributed by atoms with Crippen LogP contribution in [-0.4, -0.2) is 22.0 Å². The lowest BCUT2D eigenvalue weighted by Gasteiger charge is -2.16. The summed E-state index contributed by atoms with van der Waals surface area (Å²) in [5.41, 5.74) is 5.23. The van der Waals surface area contributed by atoms with Crippen molar-refractivity contribution in [2.75, 3.05) is 0 Å². The summed E-state index contributed by atoms with van der Waals surface area (Å²) in [5.74, 6) is 0.0480. The summed E-state index contributed by atoms with van der Waals surface area (Å²) in [5, 5.41) is 15.7. The molecule has 5 nitrogen and oxygen atoms in total. The van der Waals surface area contributed by atoms with Gasteiger partial charge in [-0.3, -0.25) is 10.4 Å². The molecular formula is C4H12N2O3. The first-order valence-electron chi connectivity index (χ1n) is 2.64. The minimum atomic E-state index is -0.681. The average Bonchev–Trinajstić information content (AvgIpc) is 1.63. The van der Waals surface area contributed by atoms with Gasteiger partial charge in [-0.05, 0) is 5.92 Å². The average molecular weight is 136 g/mol. The molecule has 0 aliphatic carbocycles. The first-order chi connectivity index (χ1) is 4.04. The maximum absolute atomic E-state index is 8.06. The van der Waals surface area contributed by atoms with Gasteiger partial charge in [0.2, 0.25) is 0 Å². The molecule has 0 spiro atoms. The van der Waals surface area contributed by atoms with E-state index in [2.05, 4.69) is 4.84 Å². The highest BCUT2D eigenvalue weighted by atomic mass is 17.1. The Morgan fingerprint density at radius 1 is 1.44 bits per heavy atom. The highest BCUT2D eigenvalue weighted by molar-refractivity contribution is 4.49. The Bertz CT molecular complexity index is 76.2. The second-order valence-corrected chi connectivity index (χ2v) is 2.07. The molecule has 0 aromatic carbocycles. The fourth-order valence-electron chi connectivity index (χ4n) is 0.231. The van der Waals surface area contributed by atoms with E-state index in [0.29, 0.717) is 0 Å².